The normalized spacial score (nSPS) is 15.3. The minimum atomic E-state index is -0.130. The van der Waals surface area contributed by atoms with Crippen molar-refractivity contribution in [1.29, 1.82) is 0 Å². The van der Waals surface area contributed by atoms with E-state index < -0.39 is 0 Å². The van der Waals surface area contributed by atoms with E-state index in [-0.39, 0.29) is 11.8 Å². The molecule has 2 N–H and O–H groups in total. The fraction of sp³-hybridized carbons (Fsp3) is 0.217. The van der Waals surface area contributed by atoms with Crippen molar-refractivity contribution in [3.05, 3.63) is 72.2 Å². The summed E-state index contributed by atoms with van der Waals surface area (Å²) in [5.41, 5.74) is 4.01. The number of nitrogens with one attached hydrogen (secondary N) is 2. The van der Waals surface area contributed by atoms with Crippen molar-refractivity contribution in [2.45, 2.75) is 25.8 Å². The maximum atomic E-state index is 12.7. The summed E-state index contributed by atoms with van der Waals surface area (Å²) in [6.45, 7) is 3.13. The number of rotatable bonds is 6. The zero-order chi connectivity index (χ0) is 23.1. The van der Waals surface area contributed by atoms with Gasteiger partial charge in [0.25, 0.3) is 0 Å². The smallest absolute Gasteiger partial charge is 0.226 e. The van der Waals surface area contributed by atoms with Crippen molar-refractivity contribution < 1.29 is 9.53 Å². The van der Waals surface area contributed by atoms with E-state index in [0.29, 0.717) is 42.4 Å². The molecule has 11 heteroatoms. The Bertz CT molecular complexity index is 1470. The van der Waals surface area contributed by atoms with Crippen LogP contribution in [0.2, 0.25) is 0 Å². The van der Waals surface area contributed by atoms with Crippen LogP contribution in [-0.4, -0.2) is 52.0 Å². The van der Waals surface area contributed by atoms with Crippen LogP contribution in [0.4, 0.5) is 5.82 Å². The average molecular weight is 455 g/mol. The fourth-order valence-corrected chi connectivity index (χ4v) is 4.38. The molecule has 1 amide bonds. The number of anilines is 1. The third kappa shape index (κ3) is 3.47. The van der Waals surface area contributed by atoms with Crippen LogP contribution >= 0.6 is 0 Å². The molecule has 170 valence electrons. The second-order valence-electron chi connectivity index (χ2n) is 8.05. The SMILES string of the molecule is Cc1nn(-c2ncnc3nc[nH]c23)c2c1[C@H](c1ccc(OCCn3cccn3)cc1)CC(=O)N2. The molecule has 0 unspecified atom stereocenters. The maximum absolute atomic E-state index is 12.7. The van der Waals surface area contributed by atoms with Gasteiger partial charge in [0.2, 0.25) is 5.91 Å². The number of benzene rings is 1. The summed E-state index contributed by atoms with van der Waals surface area (Å²) in [6, 6.07) is 9.76. The molecule has 1 aliphatic heterocycles. The van der Waals surface area contributed by atoms with Crippen LogP contribution in [-0.2, 0) is 11.3 Å². The monoisotopic (exact) mass is 455 g/mol. The lowest BCUT2D eigenvalue weighted by Gasteiger charge is -2.24. The molecule has 0 saturated heterocycles. The van der Waals surface area contributed by atoms with Gasteiger partial charge in [0, 0.05) is 30.3 Å². The number of H-pyrrole nitrogens is 1. The van der Waals surface area contributed by atoms with Crippen LogP contribution in [0, 0.1) is 6.92 Å². The second-order valence-corrected chi connectivity index (χ2v) is 8.05. The molecule has 34 heavy (non-hydrogen) atoms. The van der Waals surface area contributed by atoms with E-state index in [1.165, 1.54) is 6.33 Å². The summed E-state index contributed by atoms with van der Waals surface area (Å²) >= 11 is 0. The van der Waals surface area contributed by atoms with Crippen LogP contribution in [0.15, 0.2) is 55.4 Å². The Balaban J connectivity index is 1.30. The first-order valence-electron chi connectivity index (χ1n) is 10.9. The fourth-order valence-electron chi connectivity index (χ4n) is 4.38. The molecule has 5 heterocycles. The number of imidazole rings is 1. The first kappa shape index (κ1) is 20.1. The van der Waals surface area contributed by atoms with Gasteiger partial charge in [0.15, 0.2) is 11.5 Å². The molecule has 0 spiro atoms. The number of carbonyl (C=O) groups excluding carboxylic acids is 1. The Kier molecular flexibility index (Phi) is 4.79. The van der Waals surface area contributed by atoms with E-state index in [0.717, 1.165) is 22.6 Å². The lowest BCUT2D eigenvalue weighted by Crippen LogP contribution is -2.25. The zero-order valence-corrected chi connectivity index (χ0v) is 18.3. The number of nitrogens with zero attached hydrogens (tertiary/aromatic N) is 7. The van der Waals surface area contributed by atoms with Gasteiger partial charge in [-0.2, -0.15) is 14.9 Å². The molecule has 11 nitrogen and oxygen atoms in total. The van der Waals surface area contributed by atoms with Crippen molar-refractivity contribution in [1.82, 2.24) is 39.5 Å². The van der Waals surface area contributed by atoms with Gasteiger partial charge in [-0.15, -0.1) is 0 Å². The van der Waals surface area contributed by atoms with Gasteiger partial charge in [0.1, 0.15) is 30.0 Å². The number of aryl methyl sites for hydroxylation is 1. The molecule has 0 fully saturated rings. The maximum Gasteiger partial charge on any atom is 0.226 e. The van der Waals surface area contributed by atoms with E-state index in [2.05, 4.69) is 30.4 Å². The van der Waals surface area contributed by atoms with E-state index in [4.69, 9.17) is 9.84 Å². The number of amides is 1. The summed E-state index contributed by atoms with van der Waals surface area (Å²) in [4.78, 5) is 28.5. The Morgan fingerprint density at radius 3 is 2.88 bits per heavy atom. The summed E-state index contributed by atoms with van der Waals surface area (Å²) < 4.78 is 9.33. The van der Waals surface area contributed by atoms with Gasteiger partial charge < -0.3 is 15.0 Å². The first-order valence-corrected chi connectivity index (χ1v) is 10.9. The van der Waals surface area contributed by atoms with Crippen molar-refractivity contribution in [2.24, 2.45) is 0 Å². The van der Waals surface area contributed by atoms with E-state index in [9.17, 15) is 4.79 Å². The lowest BCUT2D eigenvalue weighted by atomic mass is 9.86. The molecule has 1 aromatic carbocycles. The Hall–Kier alpha value is -4.54. The standard InChI is InChI=1S/C23H21N9O2/c1-14-19-17(15-3-5-16(6-4-15)34-10-9-31-8-2-7-28-31)11-18(33)29-22(19)32(30-14)23-20-21(25-12-24-20)26-13-27-23/h2-8,12-13,17H,9-11H2,1H3,(H,29,33)(H,24,25,26,27)/t17-/m0/s1. The Labute approximate surface area is 193 Å². The van der Waals surface area contributed by atoms with E-state index in [1.54, 1.807) is 17.2 Å². The number of ether oxygens (including phenoxy) is 1. The third-order valence-electron chi connectivity index (χ3n) is 5.94. The molecular formula is C23H21N9O2. The first-order chi connectivity index (χ1) is 16.7. The molecular weight excluding hydrogens is 434 g/mol. The van der Waals surface area contributed by atoms with Gasteiger partial charge in [-0.1, -0.05) is 12.1 Å². The number of fused-ring (bicyclic) bond motifs is 2. The van der Waals surface area contributed by atoms with Crippen molar-refractivity contribution in [3.8, 4) is 11.6 Å². The van der Waals surface area contributed by atoms with Crippen LogP contribution in [0.3, 0.4) is 0 Å². The quantitative estimate of drug-likeness (QED) is 0.403. The van der Waals surface area contributed by atoms with Gasteiger partial charge >= 0.3 is 0 Å². The van der Waals surface area contributed by atoms with Gasteiger partial charge in [-0.05, 0) is 30.7 Å². The molecule has 0 bridgehead atoms. The highest BCUT2D eigenvalue weighted by atomic mass is 16.5. The number of hydrogen-bond acceptors (Lipinski definition) is 7. The predicted molar refractivity (Wildman–Crippen MR) is 123 cm³/mol. The van der Waals surface area contributed by atoms with Crippen LogP contribution in [0.25, 0.3) is 17.0 Å². The third-order valence-corrected chi connectivity index (χ3v) is 5.94. The molecule has 5 aromatic rings. The number of carbonyl (C=O) groups is 1. The lowest BCUT2D eigenvalue weighted by molar-refractivity contribution is -0.116. The summed E-state index contributed by atoms with van der Waals surface area (Å²) in [6.07, 6.45) is 6.98. The van der Waals surface area contributed by atoms with E-state index in [1.807, 2.05) is 48.1 Å². The van der Waals surface area contributed by atoms with Crippen molar-refractivity contribution in [2.75, 3.05) is 11.9 Å². The summed E-state index contributed by atoms with van der Waals surface area (Å²) in [7, 11) is 0. The van der Waals surface area contributed by atoms with E-state index >= 15 is 0 Å². The number of aromatic amines is 1. The largest absolute Gasteiger partial charge is 0.492 e. The van der Waals surface area contributed by atoms with Crippen LogP contribution < -0.4 is 10.1 Å². The molecule has 1 aliphatic rings. The Morgan fingerprint density at radius 2 is 2.06 bits per heavy atom. The highest BCUT2D eigenvalue weighted by molar-refractivity contribution is 5.95. The highest BCUT2D eigenvalue weighted by Gasteiger charge is 2.33. The molecule has 0 saturated carbocycles. The van der Waals surface area contributed by atoms with Crippen LogP contribution in [0.1, 0.15) is 29.2 Å². The second kappa shape index (κ2) is 8.10. The summed E-state index contributed by atoms with van der Waals surface area (Å²) in [5, 5.41) is 11.9. The molecule has 6 rings (SSSR count). The topological polar surface area (TPSA) is 128 Å². The molecule has 1 atom stereocenters. The van der Waals surface area contributed by atoms with Crippen molar-refractivity contribution >= 4 is 22.9 Å². The molecule has 4 aromatic heterocycles. The zero-order valence-electron chi connectivity index (χ0n) is 18.3. The molecule has 0 aliphatic carbocycles. The minimum absolute atomic E-state index is 0.0758. The highest BCUT2D eigenvalue weighted by Crippen LogP contribution is 2.40. The van der Waals surface area contributed by atoms with Crippen LogP contribution in [0.5, 0.6) is 5.75 Å². The van der Waals surface area contributed by atoms with Crippen molar-refractivity contribution in [3.63, 3.8) is 0 Å². The average Bonchev–Trinajstić information content (AvgIpc) is 3.60. The van der Waals surface area contributed by atoms with Gasteiger partial charge in [-0.25, -0.2) is 15.0 Å². The van der Waals surface area contributed by atoms with Gasteiger partial charge in [0.05, 0.1) is 18.6 Å². The minimum Gasteiger partial charge on any atom is -0.492 e. The van der Waals surface area contributed by atoms with Gasteiger partial charge in [-0.3, -0.25) is 9.48 Å². The number of aromatic nitrogens is 8. The Morgan fingerprint density at radius 1 is 1.18 bits per heavy atom. The summed E-state index contributed by atoms with van der Waals surface area (Å²) in [5.74, 6) is 1.72. The molecule has 0 radical (unpaired) electrons. The predicted octanol–water partition coefficient (Wildman–Crippen LogP) is 2.60. The number of hydrogen-bond donors (Lipinski definition) is 2.